The summed E-state index contributed by atoms with van der Waals surface area (Å²) in [5.74, 6) is -0.228. The lowest BCUT2D eigenvalue weighted by atomic mass is 10.0. The molecule has 6 heteroatoms. The van der Waals surface area contributed by atoms with E-state index in [9.17, 15) is 4.39 Å². The van der Waals surface area contributed by atoms with Gasteiger partial charge >= 0.3 is 0 Å². The summed E-state index contributed by atoms with van der Waals surface area (Å²) in [5.41, 5.74) is 5.35. The summed E-state index contributed by atoms with van der Waals surface area (Å²) in [4.78, 5) is 6.03. The van der Waals surface area contributed by atoms with Gasteiger partial charge < -0.3 is 0 Å². The number of rotatable bonds is 4. The standard InChI is InChI=1S/C23H18FN3S2/c1-15-4-6-16(7-5-15)20-14-29-23(25-20)27-21(17-8-10-18(24)11-9-17)13-19(26-27)22-3-2-12-28-22/h2-12,14,21H,13H2,1H3/t21-/m1/s1. The van der Waals surface area contributed by atoms with Crippen LogP contribution in [0, 0.1) is 12.7 Å². The molecule has 1 aliphatic rings. The number of hydrogen-bond acceptors (Lipinski definition) is 5. The molecule has 0 fully saturated rings. The lowest BCUT2D eigenvalue weighted by Crippen LogP contribution is -2.18. The second kappa shape index (κ2) is 7.54. The van der Waals surface area contributed by atoms with Crippen molar-refractivity contribution in [2.75, 3.05) is 5.01 Å². The maximum atomic E-state index is 13.5. The van der Waals surface area contributed by atoms with Gasteiger partial charge in [0.25, 0.3) is 0 Å². The molecule has 29 heavy (non-hydrogen) atoms. The summed E-state index contributed by atoms with van der Waals surface area (Å²) in [5, 5.41) is 11.9. The molecule has 3 heterocycles. The highest BCUT2D eigenvalue weighted by Crippen LogP contribution is 2.39. The van der Waals surface area contributed by atoms with E-state index in [0.717, 1.165) is 39.0 Å². The zero-order valence-corrected chi connectivity index (χ0v) is 17.4. The van der Waals surface area contributed by atoms with Crippen molar-refractivity contribution in [2.45, 2.75) is 19.4 Å². The van der Waals surface area contributed by atoms with Gasteiger partial charge in [0.1, 0.15) is 5.82 Å². The van der Waals surface area contributed by atoms with Crippen LogP contribution in [0.25, 0.3) is 11.3 Å². The molecule has 0 saturated heterocycles. The summed E-state index contributed by atoms with van der Waals surface area (Å²) in [6, 6.07) is 19.2. The molecule has 0 aliphatic carbocycles. The zero-order chi connectivity index (χ0) is 19.8. The van der Waals surface area contributed by atoms with Gasteiger partial charge in [0.2, 0.25) is 5.13 Å². The fourth-order valence-corrected chi connectivity index (χ4v) is 5.00. The zero-order valence-electron chi connectivity index (χ0n) is 15.7. The minimum atomic E-state index is -0.228. The van der Waals surface area contributed by atoms with Crippen LogP contribution in [0.5, 0.6) is 0 Å². The fourth-order valence-electron chi connectivity index (χ4n) is 3.45. The van der Waals surface area contributed by atoms with E-state index in [4.69, 9.17) is 10.1 Å². The van der Waals surface area contributed by atoms with E-state index < -0.39 is 0 Å². The monoisotopic (exact) mass is 419 g/mol. The average molecular weight is 420 g/mol. The SMILES string of the molecule is Cc1ccc(-c2csc(N3N=C(c4cccs4)C[C@@H]3c3ccc(F)cc3)n2)cc1. The maximum Gasteiger partial charge on any atom is 0.207 e. The van der Waals surface area contributed by atoms with Crippen LogP contribution in [0.2, 0.25) is 0 Å². The Morgan fingerprint density at radius 2 is 1.79 bits per heavy atom. The Bertz CT molecular complexity index is 1150. The van der Waals surface area contributed by atoms with Crippen LogP contribution in [0.4, 0.5) is 9.52 Å². The number of halogens is 1. The van der Waals surface area contributed by atoms with Crippen molar-refractivity contribution in [1.29, 1.82) is 0 Å². The summed E-state index contributed by atoms with van der Waals surface area (Å²) in [6.45, 7) is 2.08. The van der Waals surface area contributed by atoms with Gasteiger partial charge in [0, 0.05) is 17.4 Å². The molecular formula is C23H18FN3S2. The summed E-state index contributed by atoms with van der Waals surface area (Å²) >= 11 is 3.27. The first-order chi connectivity index (χ1) is 14.2. The van der Waals surface area contributed by atoms with Gasteiger partial charge in [-0.25, -0.2) is 14.4 Å². The van der Waals surface area contributed by atoms with Gasteiger partial charge in [-0.2, -0.15) is 5.10 Å². The molecule has 0 saturated carbocycles. The minimum Gasteiger partial charge on any atom is -0.231 e. The highest BCUT2D eigenvalue weighted by molar-refractivity contribution is 7.14. The van der Waals surface area contributed by atoms with Crippen LogP contribution in [0.3, 0.4) is 0 Å². The van der Waals surface area contributed by atoms with E-state index in [0.29, 0.717) is 0 Å². The number of thiophene rings is 1. The molecule has 144 valence electrons. The van der Waals surface area contributed by atoms with Gasteiger partial charge in [-0.15, -0.1) is 22.7 Å². The lowest BCUT2D eigenvalue weighted by Gasteiger charge is -2.21. The van der Waals surface area contributed by atoms with Crippen molar-refractivity contribution >= 4 is 33.5 Å². The molecule has 0 N–H and O–H groups in total. The van der Waals surface area contributed by atoms with Crippen LogP contribution in [-0.2, 0) is 0 Å². The van der Waals surface area contributed by atoms with Crippen molar-refractivity contribution < 1.29 is 4.39 Å². The highest BCUT2D eigenvalue weighted by atomic mass is 32.1. The molecule has 3 nitrogen and oxygen atoms in total. The van der Waals surface area contributed by atoms with Crippen molar-refractivity contribution in [1.82, 2.24) is 4.98 Å². The lowest BCUT2D eigenvalue weighted by molar-refractivity contribution is 0.624. The second-order valence-electron chi connectivity index (χ2n) is 7.02. The van der Waals surface area contributed by atoms with E-state index in [-0.39, 0.29) is 11.9 Å². The Kier molecular flexibility index (Phi) is 4.73. The van der Waals surface area contributed by atoms with E-state index in [1.165, 1.54) is 17.7 Å². The summed E-state index contributed by atoms with van der Waals surface area (Å²) < 4.78 is 13.5. The maximum absolute atomic E-state index is 13.5. The average Bonchev–Trinajstić information content (AvgIpc) is 3.48. The number of thiazole rings is 1. The number of aromatic nitrogens is 1. The second-order valence-corrected chi connectivity index (χ2v) is 8.81. The largest absolute Gasteiger partial charge is 0.231 e. The molecule has 0 spiro atoms. The van der Waals surface area contributed by atoms with Crippen molar-refractivity contribution in [3.05, 3.63) is 93.2 Å². The van der Waals surface area contributed by atoms with Crippen molar-refractivity contribution in [2.24, 2.45) is 5.10 Å². The van der Waals surface area contributed by atoms with Gasteiger partial charge in [-0.05, 0) is 36.1 Å². The summed E-state index contributed by atoms with van der Waals surface area (Å²) in [6.07, 6.45) is 0.769. The fraction of sp³-hybridized carbons (Fsp3) is 0.130. The molecule has 0 radical (unpaired) electrons. The van der Waals surface area contributed by atoms with Crippen LogP contribution in [0.1, 0.15) is 28.5 Å². The van der Waals surface area contributed by atoms with E-state index >= 15 is 0 Å². The predicted octanol–water partition coefficient (Wildman–Crippen LogP) is 6.67. The van der Waals surface area contributed by atoms with E-state index in [1.54, 1.807) is 22.7 Å². The van der Waals surface area contributed by atoms with Crippen LogP contribution >= 0.6 is 22.7 Å². The third kappa shape index (κ3) is 3.61. The Labute approximate surface area is 176 Å². The number of aryl methyl sites for hydroxylation is 1. The Balaban J connectivity index is 1.52. The third-order valence-electron chi connectivity index (χ3n) is 5.01. The molecule has 0 unspecified atom stereocenters. The topological polar surface area (TPSA) is 28.5 Å². The molecule has 5 rings (SSSR count). The number of benzene rings is 2. The van der Waals surface area contributed by atoms with Crippen molar-refractivity contribution in [3.63, 3.8) is 0 Å². The Morgan fingerprint density at radius 1 is 1.00 bits per heavy atom. The van der Waals surface area contributed by atoms with Crippen LogP contribution in [-0.4, -0.2) is 10.7 Å². The quantitative estimate of drug-likeness (QED) is 0.369. The number of anilines is 1. The van der Waals surface area contributed by atoms with Crippen molar-refractivity contribution in [3.8, 4) is 11.3 Å². The molecule has 2 aromatic heterocycles. The molecule has 2 aromatic carbocycles. The number of hydrazone groups is 1. The smallest absolute Gasteiger partial charge is 0.207 e. The predicted molar refractivity (Wildman–Crippen MR) is 119 cm³/mol. The van der Waals surface area contributed by atoms with Gasteiger partial charge in [0.05, 0.1) is 22.3 Å². The van der Waals surface area contributed by atoms with Crippen LogP contribution in [0.15, 0.2) is 76.5 Å². The summed E-state index contributed by atoms with van der Waals surface area (Å²) in [7, 11) is 0. The number of nitrogens with zero attached hydrogens (tertiary/aromatic N) is 3. The number of hydrogen-bond donors (Lipinski definition) is 0. The Morgan fingerprint density at radius 3 is 2.52 bits per heavy atom. The molecule has 0 bridgehead atoms. The molecule has 4 aromatic rings. The van der Waals surface area contributed by atoms with Gasteiger partial charge in [-0.3, -0.25) is 0 Å². The third-order valence-corrected chi connectivity index (χ3v) is 6.76. The molecular weight excluding hydrogens is 401 g/mol. The van der Waals surface area contributed by atoms with Gasteiger partial charge in [-0.1, -0.05) is 48.0 Å². The molecule has 1 aliphatic heterocycles. The van der Waals surface area contributed by atoms with Crippen LogP contribution < -0.4 is 5.01 Å². The van der Waals surface area contributed by atoms with E-state index in [2.05, 4.69) is 48.0 Å². The van der Waals surface area contributed by atoms with Gasteiger partial charge in [0.15, 0.2) is 0 Å². The van der Waals surface area contributed by atoms with E-state index in [1.807, 2.05) is 23.2 Å². The molecule has 0 amide bonds. The normalized spacial score (nSPS) is 16.3. The molecule has 1 atom stereocenters. The first-order valence-electron chi connectivity index (χ1n) is 9.36. The Hall–Kier alpha value is -2.83. The first kappa shape index (κ1) is 18.2. The first-order valence-corrected chi connectivity index (χ1v) is 11.1. The minimum absolute atomic E-state index is 0.00437. The highest BCUT2D eigenvalue weighted by Gasteiger charge is 2.32.